The fraction of sp³-hybridized carbons (Fsp3) is 0.467. The minimum Gasteiger partial charge on any atom is -0.494 e. The molecule has 0 saturated carbocycles. The van der Waals surface area contributed by atoms with Crippen LogP contribution < -0.4 is 4.74 Å². The summed E-state index contributed by atoms with van der Waals surface area (Å²) in [5.41, 5.74) is 0.752. The van der Waals surface area contributed by atoms with Crippen LogP contribution in [0.5, 0.6) is 5.75 Å². The molecule has 0 aliphatic rings. The van der Waals surface area contributed by atoms with Gasteiger partial charge in [-0.05, 0) is 31.0 Å². The van der Waals surface area contributed by atoms with Gasteiger partial charge in [0, 0.05) is 6.42 Å². The Morgan fingerprint density at radius 3 is 2.50 bits per heavy atom. The Hall–Kier alpha value is -1.82. The number of nitrogens with zero attached hydrogens (tertiary/aromatic N) is 1. The smallest absolute Gasteiger partial charge is 0.154 e. The first-order valence-corrected chi connectivity index (χ1v) is 6.38. The molecule has 0 N–H and O–H groups in total. The lowest BCUT2D eigenvalue weighted by atomic mass is 9.93. The highest BCUT2D eigenvalue weighted by Crippen LogP contribution is 2.21. The van der Waals surface area contributed by atoms with Crippen LogP contribution in [0.2, 0.25) is 0 Å². The number of carbonyl (C=O) groups excluding carboxylic acids is 1. The Labute approximate surface area is 108 Å². The van der Waals surface area contributed by atoms with Crippen LogP contribution in [0.15, 0.2) is 24.3 Å². The lowest BCUT2D eigenvalue weighted by molar-refractivity contribution is -0.119. The third-order valence-corrected chi connectivity index (χ3v) is 2.75. The normalized spacial score (nSPS) is 11.6. The van der Waals surface area contributed by atoms with Gasteiger partial charge in [-0.3, -0.25) is 4.79 Å². The number of hydrogen-bond acceptors (Lipinski definition) is 3. The van der Waals surface area contributed by atoms with Crippen molar-refractivity contribution in [2.24, 2.45) is 0 Å². The van der Waals surface area contributed by atoms with E-state index in [9.17, 15) is 4.79 Å². The predicted octanol–water partition coefficient (Wildman–Crippen LogP) is 3.45. The van der Waals surface area contributed by atoms with Gasteiger partial charge in [0.15, 0.2) is 5.78 Å². The number of rotatable bonds is 7. The number of Topliss-reactive ketones (excluding diaryl/α,β-unsaturated/α-hetero) is 1. The van der Waals surface area contributed by atoms with Crippen molar-refractivity contribution in [1.29, 1.82) is 5.26 Å². The van der Waals surface area contributed by atoms with E-state index in [1.54, 1.807) is 24.3 Å². The molecule has 18 heavy (non-hydrogen) atoms. The average Bonchev–Trinajstić information content (AvgIpc) is 2.39. The summed E-state index contributed by atoms with van der Waals surface area (Å²) in [5.74, 6) is 0.120. The van der Waals surface area contributed by atoms with Gasteiger partial charge >= 0.3 is 0 Å². The molecule has 1 aromatic rings. The standard InChI is InChI=1S/C15H19NO2/c1-3-5-6-15(17)14(11-16)12-7-9-13(10-8-12)18-4-2/h7-10,14H,3-6H2,1-2H3. The lowest BCUT2D eigenvalue weighted by Gasteiger charge is -2.09. The molecule has 1 atom stereocenters. The third kappa shape index (κ3) is 3.89. The van der Waals surface area contributed by atoms with Gasteiger partial charge in [-0.25, -0.2) is 0 Å². The first kappa shape index (κ1) is 14.2. The second-order valence-corrected chi connectivity index (χ2v) is 4.13. The Bertz CT molecular complexity index is 417. The molecule has 0 aromatic heterocycles. The zero-order valence-electron chi connectivity index (χ0n) is 11.0. The summed E-state index contributed by atoms with van der Waals surface area (Å²) in [6.07, 6.45) is 2.28. The SMILES string of the molecule is CCCCC(=O)C(C#N)c1ccc(OCC)cc1. The molecule has 0 saturated heterocycles. The van der Waals surface area contributed by atoms with E-state index in [0.29, 0.717) is 13.0 Å². The predicted molar refractivity (Wildman–Crippen MR) is 70.5 cm³/mol. The first-order valence-electron chi connectivity index (χ1n) is 6.38. The van der Waals surface area contributed by atoms with Crippen molar-refractivity contribution in [1.82, 2.24) is 0 Å². The minimum atomic E-state index is -0.646. The molecular weight excluding hydrogens is 226 g/mol. The number of ketones is 1. The molecule has 3 heteroatoms. The van der Waals surface area contributed by atoms with Crippen LogP contribution in [0.1, 0.15) is 44.6 Å². The molecule has 0 fully saturated rings. The van der Waals surface area contributed by atoms with Crippen molar-refractivity contribution in [2.75, 3.05) is 6.61 Å². The number of ether oxygens (including phenoxy) is 1. The molecule has 1 rings (SSSR count). The highest BCUT2D eigenvalue weighted by molar-refractivity contribution is 5.88. The Morgan fingerprint density at radius 2 is 2.00 bits per heavy atom. The first-order chi connectivity index (χ1) is 8.72. The van der Waals surface area contributed by atoms with E-state index in [0.717, 1.165) is 24.2 Å². The maximum atomic E-state index is 11.9. The van der Waals surface area contributed by atoms with Crippen molar-refractivity contribution in [3.05, 3.63) is 29.8 Å². The second-order valence-electron chi connectivity index (χ2n) is 4.13. The Kier molecular flexibility index (Phi) is 5.93. The fourth-order valence-electron chi connectivity index (χ4n) is 1.75. The van der Waals surface area contributed by atoms with E-state index >= 15 is 0 Å². The van der Waals surface area contributed by atoms with Gasteiger partial charge < -0.3 is 4.74 Å². The molecule has 0 heterocycles. The zero-order valence-corrected chi connectivity index (χ0v) is 11.0. The quantitative estimate of drug-likeness (QED) is 0.739. The molecule has 0 radical (unpaired) electrons. The summed E-state index contributed by atoms with van der Waals surface area (Å²) in [7, 11) is 0. The molecule has 3 nitrogen and oxygen atoms in total. The molecule has 0 aliphatic heterocycles. The van der Waals surface area contributed by atoms with Crippen LogP contribution in [0.4, 0.5) is 0 Å². The number of carbonyl (C=O) groups is 1. The molecule has 0 spiro atoms. The van der Waals surface area contributed by atoms with Gasteiger partial charge in [0.2, 0.25) is 0 Å². The van der Waals surface area contributed by atoms with Crippen LogP contribution in [0.25, 0.3) is 0 Å². The van der Waals surface area contributed by atoms with Gasteiger partial charge in [-0.1, -0.05) is 25.5 Å². The monoisotopic (exact) mass is 245 g/mol. The van der Waals surface area contributed by atoms with Crippen molar-refractivity contribution >= 4 is 5.78 Å². The van der Waals surface area contributed by atoms with Gasteiger partial charge in [0.1, 0.15) is 11.7 Å². The summed E-state index contributed by atoms with van der Waals surface area (Å²) in [6, 6.07) is 9.28. The maximum Gasteiger partial charge on any atom is 0.154 e. The van der Waals surface area contributed by atoms with Gasteiger partial charge in [0.25, 0.3) is 0 Å². The molecule has 0 bridgehead atoms. The maximum absolute atomic E-state index is 11.9. The van der Waals surface area contributed by atoms with E-state index in [2.05, 4.69) is 6.07 Å². The lowest BCUT2D eigenvalue weighted by Crippen LogP contribution is -2.10. The van der Waals surface area contributed by atoms with Crippen LogP contribution >= 0.6 is 0 Å². The summed E-state index contributed by atoms with van der Waals surface area (Å²) in [5, 5.41) is 9.12. The van der Waals surface area contributed by atoms with Gasteiger partial charge in [0.05, 0.1) is 12.7 Å². The van der Waals surface area contributed by atoms with Crippen LogP contribution in [0.3, 0.4) is 0 Å². The van der Waals surface area contributed by atoms with Gasteiger partial charge in [-0.2, -0.15) is 5.26 Å². The summed E-state index contributed by atoms with van der Waals surface area (Å²) in [4.78, 5) is 11.9. The number of nitriles is 1. The van der Waals surface area contributed by atoms with Gasteiger partial charge in [-0.15, -0.1) is 0 Å². The van der Waals surface area contributed by atoms with E-state index in [1.807, 2.05) is 13.8 Å². The van der Waals surface area contributed by atoms with Crippen LogP contribution in [-0.2, 0) is 4.79 Å². The van der Waals surface area contributed by atoms with Crippen LogP contribution in [0, 0.1) is 11.3 Å². The van der Waals surface area contributed by atoms with Crippen molar-refractivity contribution in [3.8, 4) is 11.8 Å². The number of unbranched alkanes of at least 4 members (excludes halogenated alkanes) is 1. The topological polar surface area (TPSA) is 50.1 Å². The van der Waals surface area contributed by atoms with E-state index in [1.165, 1.54) is 0 Å². The van der Waals surface area contributed by atoms with E-state index < -0.39 is 5.92 Å². The number of hydrogen-bond donors (Lipinski definition) is 0. The summed E-state index contributed by atoms with van der Waals surface area (Å²) >= 11 is 0. The van der Waals surface area contributed by atoms with E-state index in [-0.39, 0.29) is 5.78 Å². The molecule has 1 aromatic carbocycles. The van der Waals surface area contributed by atoms with Crippen molar-refractivity contribution in [2.45, 2.75) is 39.0 Å². The van der Waals surface area contributed by atoms with E-state index in [4.69, 9.17) is 10.00 Å². The highest BCUT2D eigenvalue weighted by atomic mass is 16.5. The van der Waals surface area contributed by atoms with Crippen molar-refractivity contribution < 1.29 is 9.53 Å². The third-order valence-electron chi connectivity index (χ3n) is 2.75. The van der Waals surface area contributed by atoms with Crippen LogP contribution in [-0.4, -0.2) is 12.4 Å². The Morgan fingerprint density at radius 1 is 1.33 bits per heavy atom. The molecule has 1 unspecified atom stereocenters. The number of benzene rings is 1. The Balaban J connectivity index is 2.76. The molecular formula is C15H19NO2. The minimum absolute atomic E-state index is 0.00325. The zero-order chi connectivity index (χ0) is 13.4. The molecule has 0 amide bonds. The largest absolute Gasteiger partial charge is 0.494 e. The molecule has 0 aliphatic carbocycles. The highest BCUT2D eigenvalue weighted by Gasteiger charge is 2.19. The summed E-state index contributed by atoms with van der Waals surface area (Å²) < 4.78 is 5.33. The molecule has 96 valence electrons. The fourth-order valence-corrected chi connectivity index (χ4v) is 1.75. The van der Waals surface area contributed by atoms with Crippen molar-refractivity contribution in [3.63, 3.8) is 0 Å². The summed E-state index contributed by atoms with van der Waals surface area (Å²) in [6.45, 7) is 4.56. The average molecular weight is 245 g/mol. The second kappa shape index (κ2) is 7.50.